The minimum Gasteiger partial charge on any atom is -0.379 e. The predicted octanol–water partition coefficient (Wildman–Crippen LogP) is 2.22. The molecular weight excluding hydrogens is 314 g/mol. The van der Waals surface area contributed by atoms with E-state index in [1.54, 1.807) is 20.1 Å². The standard InChI is InChI=1S/C14H18ClNO4S/c1-9-6-7-10(21(15,18)19)8-11(9)14(17)16-12-4-3-5-13(12)20-2/h6-8,12-13H,3-5H2,1-2H3,(H,16,17). The molecule has 0 saturated heterocycles. The van der Waals surface area contributed by atoms with Crippen molar-refractivity contribution in [2.75, 3.05) is 7.11 Å². The van der Waals surface area contributed by atoms with Crippen LogP contribution in [0.5, 0.6) is 0 Å². The topological polar surface area (TPSA) is 72.5 Å². The highest BCUT2D eigenvalue weighted by molar-refractivity contribution is 8.13. The van der Waals surface area contributed by atoms with Gasteiger partial charge < -0.3 is 10.1 Å². The maximum Gasteiger partial charge on any atom is 0.261 e. The van der Waals surface area contributed by atoms with E-state index < -0.39 is 9.05 Å². The molecule has 21 heavy (non-hydrogen) atoms. The normalized spacial score (nSPS) is 22.2. The van der Waals surface area contributed by atoms with Gasteiger partial charge in [0.25, 0.3) is 15.0 Å². The first-order chi connectivity index (χ1) is 9.82. The van der Waals surface area contributed by atoms with E-state index in [1.807, 2.05) is 0 Å². The van der Waals surface area contributed by atoms with Crippen molar-refractivity contribution in [3.8, 4) is 0 Å². The highest BCUT2D eigenvalue weighted by Crippen LogP contribution is 2.23. The number of carbonyl (C=O) groups is 1. The zero-order valence-corrected chi connectivity index (χ0v) is 13.5. The maximum absolute atomic E-state index is 12.4. The lowest BCUT2D eigenvalue weighted by molar-refractivity contribution is 0.0721. The van der Waals surface area contributed by atoms with Gasteiger partial charge in [0.2, 0.25) is 0 Å². The van der Waals surface area contributed by atoms with Crippen LogP contribution in [0.3, 0.4) is 0 Å². The van der Waals surface area contributed by atoms with Gasteiger partial charge in [-0.15, -0.1) is 0 Å². The molecule has 0 heterocycles. The van der Waals surface area contributed by atoms with Crippen molar-refractivity contribution < 1.29 is 17.9 Å². The second kappa shape index (κ2) is 6.34. The molecule has 1 fully saturated rings. The molecule has 1 aromatic carbocycles. The van der Waals surface area contributed by atoms with Crippen LogP contribution in [0, 0.1) is 6.92 Å². The number of hydrogen-bond acceptors (Lipinski definition) is 4. The molecule has 7 heteroatoms. The van der Waals surface area contributed by atoms with Crippen molar-refractivity contribution in [3.63, 3.8) is 0 Å². The first-order valence-corrected chi connectivity index (χ1v) is 9.03. The molecule has 1 N–H and O–H groups in total. The van der Waals surface area contributed by atoms with Crippen molar-refractivity contribution in [2.45, 2.75) is 43.2 Å². The SMILES string of the molecule is COC1CCCC1NC(=O)c1cc(S(=O)(=O)Cl)ccc1C. The average Bonchev–Trinajstić information content (AvgIpc) is 2.84. The summed E-state index contributed by atoms with van der Waals surface area (Å²) in [7, 11) is 3.10. The summed E-state index contributed by atoms with van der Waals surface area (Å²) < 4.78 is 28.1. The molecular formula is C14H18ClNO4S. The highest BCUT2D eigenvalue weighted by atomic mass is 35.7. The summed E-state index contributed by atoms with van der Waals surface area (Å²) in [6.07, 6.45) is 2.78. The van der Waals surface area contributed by atoms with Crippen LogP contribution in [0.25, 0.3) is 0 Å². The Kier molecular flexibility index (Phi) is 4.91. The van der Waals surface area contributed by atoms with Gasteiger partial charge in [-0.2, -0.15) is 0 Å². The van der Waals surface area contributed by atoms with E-state index in [4.69, 9.17) is 15.4 Å². The molecule has 116 valence electrons. The second-order valence-corrected chi connectivity index (χ2v) is 7.77. The average molecular weight is 332 g/mol. The molecule has 1 aliphatic rings. The third-order valence-corrected chi connectivity index (χ3v) is 5.16. The van der Waals surface area contributed by atoms with Crippen molar-refractivity contribution >= 4 is 25.6 Å². The third-order valence-electron chi connectivity index (χ3n) is 3.81. The largest absolute Gasteiger partial charge is 0.379 e. The first-order valence-electron chi connectivity index (χ1n) is 6.72. The lowest BCUT2D eigenvalue weighted by Crippen LogP contribution is -2.41. The van der Waals surface area contributed by atoms with Crippen molar-refractivity contribution in [1.29, 1.82) is 0 Å². The second-order valence-electron chi connectivity index (χ2n) is 5.20. The number of methoxy groups -OCH3 is 1. The van der Waals surface area contributed by atoms with E-state index in [9.17, 15) is 13.2 Å². The van der Waals surface area contributed by atoms with E-state index in [-0.39, 0.29) is 22.9 Å². The summed E-state index contributed by atoms with van der Waals surface area (Å²) in [5.74, 6) is -0.302. The van der Waals surface area contributed by atoms with Gasteiger partial charge in [0.05, 0.1) is 17.0 Å². The van der Waals surface area contributed by atoms with Crippen LogP contribution in [0.2, 0.25) is 0 Å². The van der Waals surface area contributed by atoms with E-state index in [1.165, 1.54) is 12.1 Å². The number of aryl methyl sites for hydroxylation is 1. The Hall–Kier alpha value is -1.11. The van der Waals surface area contributed by atoms with Gasteiger partial charge in [-0.1, -0.05) is 6.07 Å². The van der Waals surface area contributed by atoms with E-state index >= 15 is 0 Å². The van der Waals surface area contributed by atoms with Gasteiger partial charge in [0.15, 0.2) is 0 Å². The summed E-state index contributed by atoms with van der Waals surface area (Å²) in [5.41, 5.74) is 1.02. The molecule has 1 aromatic rings. The van der Waals surface area contributed by atoms with Crippen LogP contribution >= 0.6 is 10.7 Å². The Balaban J connectivity index is 2.23. The Morgan fingerprint density at radius 2 is 2.10 bits per heavy atom. The Labute approximate surface area is 129 Å². The molecule has 1 aliphatic carbocycles. The van der Waals surface area contributed by atoms with Crippen LogP contribution in [0.4, 0.5) is 0 Å². The summed E-state index contributed by atoms with van der Waals surface area (Å²) in [5, 5.41) is 2.91. The number of halogens is 1. The lowest BCUT2D eigenvalue weighted by atomic mass is 10.1. The van der Waals surface area contributed by atoms with Gasteiger partial charge in [-0.05, 0) is 43.9 Å². The molecule has 2 unspecified atom stereocenters. The van der Waals surface area contributed by atoms with Gasteiger partial charge in [-0.3, -0.25) is 4.79 Å². The molecule has 0 radical (unpaired) electrons. The minimum absolute atomic E-state index is 0.00852. The molecule has 2 rings (SSSR count). The maximum atomic E-state index is 12.4. The van der Waals surface area contributed by atoms with Gasteiger partial charge in [0.1, 0.15) is 0 Å². The van der Waals surface area contributed by atoms with Crippen molar-refractivity contribution in [2.24, 2.45) is 0 Å². The number of carbonyl (C=O) groups excluding carboxylic acids is 1. The number of rotatable bonds is 4. The monoisotopic (exact) mass is 331 g/mol. The Bertz CT molecular complexity index is 644. The third kappa shape index (κ3) is 3.75. The predicted molar refractivity (Wildman–Crippen MR) is 80.1 cm³/mol. The van der Waals surface area contributed by atoms with Gasteiger partial charge in [0, 0.05) is 23.4 Å². The quantitative estimate of drug-likeness (QED) is 0.859. The van der Waals surface area contributed by atoms with Crippen molar-refractivity contribution in [1.82, 2.24) is 5.32 Å². The summed E-state index contributed by atoms with van der Waals surface area (Å²) in [4.78, 5) is 12.3. The van der Waals surface area contributed by atoms with E-state index in [0.29, 0.717) is 11.1 Å². The fourth-order valence-electron chi connectivity index (χ4n) is 2.62. The van der Waals surface area contributed by atoms with Crippen LogP contribution in [0.15, 0.2) is 23.1 Å². The molecule has 0 aliphatic heterocycles. The first kappa shape index (κ1) is 16.3. The number of amides is 1. The van der Waals surface area contributed by atoms with E-state index in [0.717, 1.165) is 19.3 Å². The number of ether oxygens (including phenoxy) is 1. The summed E-state index contributed by atoms with van der Waals surface area (Å²) >= 11 is 0. The molecule has 0 aromatic heterocycles. The zero-order chi connectivity index (χ0) is 15.6. The van der Waals surface area contributed by atoms with Crippen LogP contribution in [0.1, 0.15) is 35.2 Å². The summed E-state index contributed by atoms with van der Waals surface area (Å²) in [6, 6.07) is 4.23. The Morgan fingerprint density at radius 3 is 2.71 bits per heavy atom. The number of benzene rings is 1. The van der Waals surface area contributed by atoms with Gasteiger partial charge in [-0.25, -0.2) is 8.42 Å². The molecule has 1 saturated carbocycles. The van der Waals surface area contributed by atoms with Crippen LogP contribution in [-0.4, -0.2) is 33.6 Å². The number of hydrogen-bond donors (Lipinski definition) is 1. The van der Waals surface area contributed by atoms with Gasteiger partial charge >= 0.3 is 0 Å². The molecule has 5 nitrogen and oxygen atoms in total. The van der Waals surface area contributed by atoms with Crippen molar-refractivity contribution in [3.05, 3.63) is 29.3 Å². The fourth-order valence-corrected chi connectivity index (χ4v) is 3.39. The molecule has 1 amide bonds. The highest BCUT2D eigenvalue weighted by Gasteiger charge is 2.29. The van der Waals surface area contributed by atoms with Crippen LogP contribution in [-0.2, 0) is 13.8 Å². The minimum atomic E-state index is -3.85. The number of nitrogens with one attached hydrogen (secondary N) is 1. The molecule has 0 bridgehead atoms. The zero-order valence-electron chi connectivity index (χ0n) is 11.9. The summed E-state index contributed by atoms with van der Waals surface area (Å²) in [6.45, 7) is 1.75. The van der Waals surface area contributed by atoms with Crippen LogP contribution < -0.4 is 5.32 Å². The smallest absolute Gasteiger partial charge is 0.261 e. The molecule has 2 atom stereocenters. The Morgan fingerprint density at radius 1 is 1.38 bits per heavy atom. The fraction of sp³-hybridized carbons (Fsp3) is 0.500. The lowest BCUT2D eigenvalue weighted by Gasteiger charge is -2.20. The molecule has 0 spiro atoms. The van der Waals surface area contributed by atoms with E-state index in [2.05, 4.69) is 5.32 Å².